The Bertz CT molecular complexity index is 1000. The van der Waals surface area contributed by atoms with E-state index in [-0.39, 0.29) is 11.8 Å². The normalized spacial score (nSPS) is 16.8. The molecule has 2 aromatic carbocycles. The van der Waals surface area contributed by atoms with Crippen molar-refractivity contribution in [2.24, 2.45) is 0 Å². The van der Waals surface area contributed by atoms with Crippen molar-refractivity contribution in [3.63, 3.8) is 0 Å². The highest BCUT2D eigenvalue weighted by Gasteiger charge is 2.28. The third-order valence-electron chi connectivity index (χ3n) is 5.42. The number of likely N-dealkylation sites (tertiary alicyclic amines) is 1. The number of amides is 1. The lowest BCUT2D eigenvalue weighted by Crippen LogP contribution is -2.39. The van der Waals surface area contributed by atoms with Gasteiger partial charge in [0.1, 0.15) is 11.5 Å². The van der Waals surface area contributed by atoms with Crippen LogP contribution in [-0.2, 0) is 0 Å². The van der Waals surface area contributed by atoms with Crippen molar-refractivity contribution in [2.75, 3.05) is 27.3 Å². The molecule has 0 radical (unpaired) electrons. The van der Waals surface area contributed by atoms with E-state index in [1.807, 2.05) is 23.2 Å². The Morgan fingerprint density at radius 1 is 1.07 bits per heavy atom. The van der Waals surface area contributed by atoms with E-state index in [0.717, 1.165) is 30.5 Å². The van der Waals surface area contributed by atoms with Crippen LogP contribution in [0.25, 0.3) is 10.8 Å². The zero-order valence-electron chi connectivity index (χ0n) is 16.2. The van der Waals surface area contributed by atoms with E-state index < -0.39 is 0 Å². The monoisotopic (exact) mass is 376 g/mol. The summed E-state index contributed by atoms with van der Waals surface area (Å²) in [4.78, 5) is 19.7. The predicted octanol–water partition coefficient (Wildman–Crippen LogP) is 4.27. The van der Waals surface area contributed by atoms with Crippen molar-refractivity contribution in [3.8, 4) is 11.5 Å². The molecule has 0 N–H and O–H groups in total. The smallest absolute Gasteiger partial charge is 0.257 e. The summed E-state index contributed by atoms with van der Waals surface area (Å²) < 4.78 is 10.7. The van der Waals surface area contributed by atoms with E-state index in [1.54, 1.807) is 32.4 Å². The Kier molecular flexibility index (Phi) is 5.15. The van der Waals surface area contributed by atoms with Crippen LogP contribution in [-0.4, -0.2) is 43.1 Å². The SMILES string of the molecule is COc1ccc(C(=O)N2CCC[C@@H](c3cc4ccccc4cn3)C2)c(OC)c1. The Hall–Kier alpha value is -3.08. The molecule has 2 heterocycles. The fourth-order valence-electron chi connectivity index (χ4n) is 3.87. The van der Waals surface area contributed by atoms with Crippen molar-refractivity contribution >= 4 is 16.7 Å². The molecule has 5 nitrogen and oxygen atoms in total. The summed E-state index contributed by atoms with van der Waals surface area (Å²) in [7, 11) is 3.17. The van der Waals surface area contributed by atoms with Gasteiger partial charge in [-0.3, -0.25) is 9.78 Å². The molecule has 0 unspecified atom stereocenters. The largest absolute Gasteiger partial charge is 0.497 e. The van der Waals surface area contributed by atoms with Gasteiger partial charge in [0, 0.05) is 42.4 Å². The van der Waals surface area contributed by atoms with E-state index in [1.165, 1.54) is 5.39 Å². The molecule has 5 heteroatoms. The van der Waals surface area contributed by atoms with Gasteiger partial charge in [-0.15, -0.1) is 0 Å². The summed E-state index contributed by atoms with van der Waals surface area (Å²) in [5, 5.41) is 2.32. The molecule has 0 bridgehead atoms. The third-order valence-corrected chi connectivity index (χ3v) is 5.42. The van der Waals surface area contributed by atoms with Crippen LogP contribution in [0.3, 0.4) is 0 Å². The number of aromatic nitrogens is 1. The standard InChI is InChI=1S/C23H24N2O3/c1-27-19-9-10-20(22(13-19)28-2)23(26)25-11-5-8-18(15-25)21-12-16-6-3-4-7-17(16)14-24-21/h3-4,6-7,9-10,12-14,18H,5,8,11,15H2,1-2H3/t18-/m1/s1. The van der Waals surface area contributed by atoms with Gasteiger partial charge < -0.3 is 14.4 Å². The molecule has 144 valence electrons. The quantitative estimate of drug-likeness (QED) is 0.682. The zero-order chi connectivity index (χ0) is 19.5. The highest BCUT2D eigenvalue weighted by molar-refractivity contribution is 5.97. The minimum Gasteiger partial charge on any atom is -0.497 e. The first-order chi connectivity index (χ1) is 13.7. The van der Waals surface area contributed by atoms with Crippen LogP contribution in [0.2, 0.25) is 0 Å². The Morgan fingerprint density at radius 3 is 2.68 bits per heavy atom. The lowest BCUT2D eigenvalue weighted by atomic mass is 9.93. The first-order valence-corrected chi connectivity index (χ1v) is 9.55. The molecule has 1 aliphatic heterocycles. The van der Waals surface area contributed by atoms with Gasteiger partial charge in [-0.2, -0.15) is 0 Å². The van der Waals surface area contributed by atoms with Crippen molar-refractivity contribution in [3.05, 3.63) is 66.0 Å². The predicted molar refractivity (Wildman–Crippen MR) is 109 cm³/mol. The molecule has 3 aromatic rings. The fraction of sp³-hybridized carbons (Fsp3) is 0.304. The summed E-state index contributed by atoms with van der Waals surface area (Å²) in [6.45, 7) is 1.41. The van der Waals surface area contributed by atoms with Gasteiger partial charge in [-0.05, 0) is 36.4 Å². The third kappa shape index (κ3) is 3.52. The molecule has 1 amide bonds. The van der Waals surface area contributed by atoms with E-state index in [0.29, 0.717) is 23.6 Å². The van der Waals surface area contributed by atoms with E-state index >= 15 is 0 Å². The van der Waals surface area contributed by atoms with Crippen molar-refractivity contribution in [2.45, 2.75) is 18.8 Å². The van der Waals surface area contributed by atoms with Crippen LogP contribution in [0.15, 0.2) is 54.7 Å². The second-order valence-electron chi connectivity index (χ2n) is 7.11. The van der Waals surface area contributed by atoms with Gasteiger partial charge in [0.25, 0.3) is 5.91 Å². The lowest BCUT2D eigenvalue weighted by molar-refractivity contribution is 0.0702. The van der Waals surface area contributed by atoms with E-state index in [9.17, 15) is 4.79 Å². The maximum Gasteiger partial charge on any atom is 0.257 e. The Labute approximate surface area is 164 Å². The molecule has 0 saturated carbocycles. The summed E-state index contributed by atoms with van der Waals surface area (Å²) >= 11 is 0. The van der Waals surface area contributed by atoms with Crippen molar-refractivity contribution in [1.29, 1.82) is 0 Å². The molecule has 1 fully saturated rings. The number of pyridine rings is 1. The summed E-state index contributed by atoms with van der Waals surface area (Å²) in [5.41, 5.74) is 1.62. The number of benzene rings is 2. The molecule has 1 saturated heterocycles. The van der Waals surface area contributed by atoms with Gasteiger partial charge in [-0.1, -0.05) is 24.3 Å². The van der Waals surface area contributed by atoms with Crippen LogP contribution in [0.4, 0.5) is 0 Å². The number of hydrogen-bond acceptors (Lipinski definition) is 4. The minimum atomic E-state index is -0.00927. The first kappa shape index (κ1) is 18.3. The van der Waals surface area contributed by atoms with Gasteiger partial charge in [-0.25, -0.2) is 0 Å². The van der Waals surface area contributed by atoms with Gasteiger partial charge in [0.2, 0.25) is 0 Å². The lowest BCUT2D eigenvalue weighted by Gasteiger charge is -2.33. The van der Waals surface area contributed by atoms with Crippen molar-refractivity contribution < 1.29 is 14.3 Å². The summed E-state index contributed by atoms with van der Waals surface area (Å²) in [6, 6.07) is 15.7. The van der Waals surface area contributed by atoms with E-state index in [2.05, 4.69) is 23.2 Å². The van der Waals surface area contributed by atoms with Crippen LogP contribution in [0.5, 0.6) is 11.5 Å². The number of carbonyl (C=O) groups excluding carboxylic acids is 1. The van der Waals surface area contributed by atoms with Gasteiger partial charge in [0.05, 0.1) is 19.8 Å². The van der Waals surface area contributed by atoms with Crippen LogP contribution >= 0.6 is 0 Å². The number of fused-ring (bicyclic) bond motifs is 1. The molecule has 1 atom stereocenters. The van der Waals surface area contributed by atoms with Crippen LogP contribution in [0.1, 0.15) is 34.8 Å². The van der Waals surface area contributed by atoms with Crippen LogP contribution in [0, 0.1) is 0 Å². The number of rotatable bonds is 4. The minimum absolute atomic E-state index is 0.00927. The van der Waals surface area contributed by atoms with Crippen molar-refractivity contribution in [1.82, 2.24) is 9.88 Å². The Balaban J connectivity index is 1.57. The molecule has 1 aliphatic rings. The molecule has 28 heavy (non-hydrogen) atoms. The highest BCUT2D eigenvalue weighted by Crippen LogP contribution is 2.31. The van der Waals surface area contributed by atoms with Crippen LogP contribution < -0.4 is 9.47 Å². The number of hydrogen-bond donors (Lipinski definition) is 0. The second-order valence-corrected chi connectivity index (χ2v) is 7.11. The molecule has 0 spiro atoms. The number of ether oxygens (including phenoxy) is 2. The molecule has 1 aromatic heterocycles. The second kappa shape index (κ2) is 7.89. The first-order valence-electron chi connectivity index (χ1n) is 9.55. The maximum absolute atomic E-state index is 13.2. The molecule has 4 rings (SSSR count). The average Bonchev–Trinajstić information content (AvgIpc) is 2.77. The zero-order valence-corrected chi connectivity index (χ0v) is 16.2. The molecular formula is C23H24N2O3. The van der Waals surface area contributed by atoms with Gasteiger partial charge in [0.15, 0.2) is 0 Å². The topological polar surface area (TPSA) is 51.7 Å². The Morgan fingerprint density at radius 2 is 1.89 bits per heavy atom. The number of carbonyl (C=O) groups is 1. The fourth-order valence-corrected chi connectivity index (χ4v) is 3.87. The molecule has 0 aliphatic carbocycles. The highest BCUT2D eigenvalue weighted by atomic mass is 16.5. The molecular weight excluding hydrogens is 352 g/mol. The van der Waals surface area contributed by atoms with E-state index in [4.69, 9.17) is 9.47 Å². The summed E-state index contributed by atoms with van der Waals surface area (Å²) in [6.07, 6.45) is 3.93. The maximum atomic E-state index is 13.2. The number of methoxy groups -OCH3 is 2. The average molecular weight is 376 g/mol. The number of nitrogens with zero attached hydrogens (tertiary/aromatic N) is 2. The van der Waals surface area contributed by atoms with Gasteiger partial charge >= 0.3 is 0 Å². The summed E-state index contributed by atoms with van der Waals surface area (Å²) in [5.74, 6) is 1.44. The number of piperidine rings is 1.